The first kappa shape index (κ1) is 33.3. The molecule has 0 unspecified atom stereocenters. The third kappa shape index (κ3) is 7.74. The van der Waals surface area contributed by atoms with E-state index in [4.69, 9.17) is 9.47 Å². The number of rotatable bonds is 10. The summed E-state index contributed by atoms with van der Waals surface area (Å²) in [7, 11) is 0. The highest BCUT2D eigenvalue weighted by Crippen LogP contribution is 2.42. The average Bonchev–Trinajstić information content (AvgIpc) is 3.12. The third-order valence-corrected chi connectivity index (χ3v) is 9.40. The van der Waals surface area contributed by atoms with Crippen molar-refractivity contribution in [2.75, 3.05) is 37.6 Å². The number of non-ortho nitro benzene ring substituents is 1. The number of benzene rings is 4. The number of carbonyl (C=O) groups excluding carboxylic acids is 1. The molecule has 4 aromatic carbocycles. The van der Waals surface area contributed by atoms with Gasteiger partial charge in [-0.25, -0.2) is 0 Å². The topological polar surface area (TPSA) is 117 Å². The molecule has 0 aromatic heterocycles. The molecule has 2 aliphatic rings. The van der Waals surface area contributed by atoms with Crippen LogP contribution in [-0.2, 0) is 27.4 Å². The predicted molar refractivity (Wildman–Crippen MR) is 184 cm³/mol. The lowest BCUT2D eigenvalue weighted by molar-refractivity contribution is -0.384. The molecule has 0 bridgehead atoms. The second kappa shape index (κ2) is 15.1. The van der Waals surface area contributed by atoms with Gasteiger partial charge in [0.15, 0.2) is 6.29 Å². The summed E-state index contributed by atoms with van der Waals surface area (Å²) in [5.41, 5.74) is 7.06. The van der Waals surface area contributed by atoms with Gasteiger partial charge in [0.2, 0.25) is 5.91 Å². The Morgan fingerprint density at radius 3 is 2.21 bits per heavy atom. The number of hydrogen-bond donors (Lipinski definition) is 2. The Morgan fingerprint density at radius 1 is 0.896 bits per heavy atom. The van der Waals surface area contributed by atoms with Crippen molar-refractivity contribution in [3.63, 3.8) is 0 Å². The Labute approximate surface area is 281 Å². The van der Waals surface area contributed by atoms with Crippen LogP contribution in [0.3, 0.4) is 0 Å². The van der Waals surface area contributed by atoms with Gasteiger partial charge in [-0.05, 0) is 39.9 Å². The SMILES string of the molecule is CC(=O)NCc1ccccc1-c1ccc([C@@H]2O[C@H](CN3CCN(c4ccc([N+](=O)[O-])cc4)CC3)[C@H](C)[C@H](c3ccc(CO)cc3)O2)cc1. The number of nitro groups is 1. The number of aliphatic hydroxyl groups is 1. The van der Waals surface area contributed by atoms with Crippen LogP contribution in [0.5, 0.6) is 0 Å². The number of nitrogens with zero attached hydrogens (tertiary/aromatic N) is 3. The molecule has 4 atom stereocenters. The maximum atomic E-state index is 11.5. The van der Waals surface area contributed by atoms with Gasteiger partial charge in [0.05, 0.1) is 23.7 Å². The molecule has 10 nitrogen and oxygen atoms in total. The number of anilines is 1. The molecule has 2 N–H and O–H groups in total. The third-order valence-electron chi connectivity index (χ3n) is 9.40. The number of aliphatic hydroxyl groups excluding tert-OH is 1. The highest BCUT2D eigenvalue weighted by atomic mass is 16.7. The molecule has 2 fully saturated rings. The first-order valence-corrected chi connectivity index (χ1v) is 16.4. The van der Waals surface area contributed by atoms with Crippen LogP contribution in [0, 0.1) is 16.0 Å². The Morgan fingerprint density at radius 2 is 1.56 bits per heavy atom. The van der Waals surface area contributed by atoms with E-state index < -0.39 is 6.29 Å². The van der Waals surface area contributed by atoms with Crippen molar-refractivity contribution in [1.82, 2.24) is 10.2 Å². The highest BCUT2D eigenvalue weighted by Gasteiger charge is 2.39. The van der Waals surface area contributed by atoms with E-state index in [9.17, 15) is 20.0 Å². The summed E-state index contributed by atoms with van der Waals surface area (Å²) in [6.07, 6.45) is -0.880. The Balaban J connectivity index is 1.18. The smallest absolute Gasteiger partial charge is 0.269 e. The fraction of sp³-hybridized carbons (Fsp3) is 0.342. The molecular formula is C38H42N4O6. The number of nitrogens with one attached hydrogen (secondary N) is 1. The van der Waals surface area contributed by atoms with Crippen LogP contribution in [0.2, 0.25) is 0 Å². The van der Waals surface area contributed by atoms with Gasteiger partial charge in [0.25, 0.3) is 5.69 Å². The van der Waals surface area contributed by atoms with Crippen LogP contribution in [0.15, 0.2) is 97.1 Å². The van der Waals surface area contributed by atoms with Crippen LogP contribution in [0.4, 0.5) is 11.4 Å². The van der Waals surface area contributed by atoms with Crippen molar-refractivity contribution in [1.29, 1.82) is 0 Å². The summed E-state index contributed by atoms with van der Waals surface area (Å²) >= 11 is 0. The first-order chi connectivity index (χ1) is 23.3. The molecule has 48 heavy (non-hydrogen) atoms. The van der Waals surface area contributed by atoms with Gasteiger partial charge < -0.3 is 24.8 Å². The van der Waals surface area contributed by atoms with Gasteiger partial charge in [0.1, 0.15) is 0 Å². The molecule has 2 heterocycles. The number of piperazine rings is 1. The molecule has 0 radical (unpaired) electrons. The zero-order chi connectivity index (χ0) is 33.6. The Kier molecular flexibility index (Phi) is 10.5. The Bertz CT molecular complexity index is 1690. The maximum Gasteiger partial charge on any atom is 0.269 e. The van der Waals surface area contributed by atoms with Crippen molar-refractivity contribution in [3.05, 3.63) is 129 Å². The second-order valence-electron chi connectivity index (χ2n) is 12.6. The van der Waals surface area contributed by atoms with Crippen LogP contribution in [0.25, 0.3) is 11.1 Å². The summed E-state index contributed by atoms with van der Waals surface area (Å²) in [6, 6.07) is 31.0. The monoisotopic (exact) mass is 650 g/mol. The molecule has 0 spiro atoms. The zero-order valence-corrected chi connectivity index (χ0v) is 27.3. The number of amides is 1. The minimum absolute atomic E-state index is 0.0120. The number of carbonyl (C=O) groups is 1. The minimum Gasteiger partial charge on any atom is -0.392 e. The van der Waals surface area contributed by atoms with Gasteiger partial charge in [-0.1, -0.05) is 79.7 Å². The van der Waals surface area contributed by atoms with E-state index in [2.05, 4.69) is 52.4 Å². The lowest BCUT2D eigenvalue weighted by atomic mass is 9.89. The van der Waals surface area contributed by atoms with E-state index >= 15 is 0 Å². The Hall–Kier alpha value is -4.61. The van der Waals surface area contributed by atoms with Crippen molar-refractivity contribution in [3.8, 4) is 11.1 Å². The molecular weight excluding hydrogens is 608 g/mol. The molecule has 250 valence electrons. The highest BCUT2D eigenvalue weighted by molar-refractivity contribution is 5.74. The number of nitro benzene ring substituents is 1. The quantitative estimate of drug-likeness (QED) is 0.159. The van der Waals surface area contributed by atoms with Crippen molar-refractivity contribution >= 4 is 17.3 Å². The number of ether oxygens (including phenoxy) is 2. The molecule has 1 amide bonds. The van der Waals surface area contributed by atoms with E-state index in [-0.39, 0.29) is 41.3 Å². The normalized spacial score (nSPS) is 21.5. The summed E-state index contributed by atoms with van der Waals surface area (Å²) in [5, 5.41) is 23.6. The van der Waals surface area contributed by atoms with E-state index in [0.29, 0.717) is 6.54 Å². The minimum atomic E-state index is -0.571. The lowest BCUT2D eigenvalue weighted by Gasteiger charge is -2.44. The molecule has 2 saturated heterocycles. The standard InChI is InChI=1S/C38H42N4O6/c1-26-36(24-40-19-21-41(22-20-40)33-15-17-34(18-16-33)42(45)46)47-38(48-37(26)30-9-7-28(25-43)8-10-30)31-13-11-29(12-14-31)35-6-4-3-5-32(35)23-39-27(2)44/h3-18,26,36-38,43H,19-25H2,1-2H3,(H,39,44)/t26-,36+,37+,38+/m0/s1. The van der Waals surface area contributed by atoms with Crippen LogP contribution in [-0.4, -0.2) is 59.7 Å². The zero-order valence-electron chi connectivity index (χ0n) is 27.3. The first-order valence-electron chi connectivity index (χ1n) is 16.4. The van der Waals surface area contributed by atoms with Crippen molar-refractivity contribution < 1.29 is 24.3 Å². The van der Waals surface area contributed by atoms with Crippen LogP contribution >= 0.6 is 0 Å². The largest absolute Gasteiger partial charge is 0.392 e. The predicted octanol–water partition coefficient (Wildman–Crippen LogP) is 6.00. The van der Waals surface area contributed by atoms with Gasteiger partial charge in [-0.3, -0.25) is 19.8 Å². The van der Waals surface area contributed by atoms with Gasteiger partial charge >= 0.3 is 0 Å². The average molecular weight is 651 g/mol. The summed E-state index contributed by atoms with van der Waals surface area (Å²) in [6.45, 7) is 8.21. The molecule has 0 saturated carbocycles. The van der Waals surface area contributed by atoms with Crippen molar-refractivity contribution in [2.45, 2.75) is 45.5 Å². The van der Waals surface area contributed by atoms with Crippen LogP contribution in [0.1, 0.15) is 48.5 Å². The van der Waals surface area contributed by atoms with E-state index in [1.165, 1.54) is 6.92 Å². The molecule has 2 aliphatic heterocycles. The fourth-order valence-electron chi connectivity index (χ4n) is 6.55. The van der Waals surface area contributed by atoms with Gasteiger partial charge in [-0.2, -0.15) is 0 Å². The fourth-order valence-corrected chi connectivity index (χ4v) is 6.55. The molecule has 10 heteroatoms. The molecule has 6 rings (SSSR count). The second-order valence-corrected chi connectivity index (χ2v) is 12.6. The lowest BCUT2D eigenvalue weighted by Crippen LogP contribution is -2.51. The van der Waals surface area contributed by atoms with E-state index in [1.54, 1.807) is 12.1 Å². The van der Waals surface area contributed by atoms with Gasteiger partial charge in [-0.15, -0.1) is 0 Å². The number of hydrogen-bond acceptors (Lipinski definition) is 8. The van der Waals surface area contributed by atoms with Crippen LogP contribution < -0.4 is 10.2 Å². The summed E-state index contributed by atoms with van der Waals surface area (Å²) in [4.78, 5) is 26.9. The summed E-state index contributed by atoms with van der Waals surface area (Å²) in [5.74, 6) is -0.00342. The van der Waals surface area contributed by atoms with Crippen molar-refractivity contribution in [2.24, 2.45) is 5.92 Å². The maximum absolute atomic E-state index is 11.5. The van der Waals surface area contributed by atoms with E-state index in [0.717, 1.165) is 71.8 Å². The van der Waals surface area contributed by atoms with E-state index in [1.807, 2.05) is 54.6 Å². The summed E-state index contributed by atoms with van der Waals surface area (Å²) < 4.78 is 13.4. The van der Waals surface area contributed by atoms with Gasteiger partial charge in [0, 0.05) is 75.5 Å². The molecule has 0 aliphatic carbocycles. The molecule has 4 aromatic rings.